The monoisotopic (exact) mass is 572 g/mol. The van der Waals surface area contributed by atoms with Crippen LogP contribution in [-0.4, -0.2) is 66.9 Å². The lowest BCUT2D eigenvalue weighted by molar-refractivity contribution is -0.159. The predicted molar refractivity (Wildman–Crippen MR) is 166 cm³/mol. The molecule has 3 heterocycles. The minimum atomic E-state index is -0.562. The summed E-state index contributed by atoms with van der Waals surface area (Å²) in [4.78, 5) is 34.7. The summed E-state index contributed by atoms with van der Waals surface area (Å²) in [6, 6.07) is 4.29. The number of anilines is 2. The number of carbonyl (C=O) groups is 2. The zero-order valence-electron chi connectivity index (χ0n) is 26.9. The molecule has 3 rings (SSSR count). The fraction of sp³-hybridized carbons (Fsp3) is 0.788. The molecule has 2 atom stereocenters. The molecular formula is C33H56N4O4. The van der Waals surface area contributed by atoms with E-state index in [1.165, 1.54) is 32.1 Å². The largest absolute Gasteiger partial charge is 0.466 e. The van der Waals surface area contributed by atoms with Crippen LogP contribution in [0, 0.1) is 24.2 Å². The van der Waals surface area contributed by atoms with E-state index in [1.54, 1.807) is 4.90 Å². The molecule has 41 heavy (non-hydrogen) atoms. The summed E-state index contributed by atoms with van der Waals surface area (Å²) >= 11 is 0. The minimum Gasteiger partial charge on any atom is -0.466 e. The number of rotatable bonds is 13. The number of unbranched alkanes of at least 4 members (excludes halogenated alkanes) is 1. The highest BCUT2D eigenvalue weighted by molar-refractivity contribution is 5.77. The van der Waals surface area contributed by atoms with E-state index < -0.39 is 11.0 Å². The van der Waals surface area contributed by atoms with Crippen LogP contribution in [0.4, 0.5) is 16.3 Å². The number of carbonyl (C=O) groups excluding carboxylic acids is 2. The fourth-order valence-corrected chi connectivity index (χ4v) is 6.32. The van der Waals surface area contributed by atoms with Crippen LogP contribution in [0.3, 0.4) is 0 Å². The van der Waals surface area contributed by atoms with Gasteiger partial charge in [0.1, 0.15) is 11.4 Å². The third kappa shape index (κ3) is 9.78. The van der Waals surface area contributed by atoms with E-state index in [2.05, 4.69) is 43.1 Å². The van der Waals surface area contributed by atoms with E-state index in [9.17, 15) is 9.59 Å². The second-order valence-electron chi connectivity index (χ2n) is 13.4. The van der Waals surface area contributed by atoms with Crippen LogP contribution in [0.5, 0.6) is 0 Å². The first kappa shape index (κ1) is 33.0. The van der Waals surface area contributed by atoms with Crippen LogP contribution in [0.1, 0.15) is 105 Å². The molecule has 0 radical (unpaired) electrons. The summed E-state index contributed by atoms with van der Waals surface area (Å²) in [7, 11) is 0. The molecule has 2 fully saturated rings. The van der Waals surface area contributed by atoms with Gasteiger partial charge in [-0.2, -0.15) is 0 Å². The predicted octanol–water partition coefficient (Wildman–Crippen LogP) is 7.21. The molecule has 1 N–H and O–H groups in total. The first-order valence-corrected chi connectivity index (χ1v) is 16.1. The Kier molecular flexibility index (Phi) is 12.2. The maximum Gasteiger partial charge on any atom is 0.410 e. The van der Waals surface area contributed by atoms with Crippen LogP contribution < -0.4 is 10.2 Å². The molecule has 1 aromatic heterocycles. The number of nitrogens with one attached hydrogen (secondary N) is 1. The maximum absolute atomic E-state index is 13.0. The number of esters is 1. The Morgan fingerprint density at radius 2 is 1.88 bits per heavy atom. The van der Waals surface area contributed by atoms with Crippen molar-refractivity contribution in [3.05, 3.63) is 17.8 Å². The number of aromatic nitrogens is 1. The Bertz CT molecular complexity index is 984. The SMILES string of the molecule is CCCC[C@H](C)C[C@@H]1CCN(c2ccc(NCCCC3(C(=O)OCC)CCN(C(=O)OC(C)(C)C)CC3)c(C)n2)C1. The third-order valence-corrected chi connectivity index (χ3v) is 8.70. The second-order valence-corrected chi connectivity index (χ2v) is 13.4. The topological polar surface area (TPSA) is 84.0 Å². The fourth-order valence-electron chi connectivity index (χ4n) is 6.32. The molecule has 0 saturated carbocycles. The number of piperidine rings is 1. The van der Waals surface area contributed by atoms with Gasteiger partial charge >= 0.3 is 12.1 Å². The number of ether oxygens (including phenoxy) is 2. The Morgan fingerprint density at radius 3 is 2.51 bits per heavy atom. The van der Waals surface area contributed by atoms with Crippen molar-refractivity contribution in [3.8, 4) is 0 Å². The van der Waals surface area contributed by atoms with Crippen molar-refractivity contribution < 1.29 is 19.1 Å². The van der Waals surface area contributed by atoms with E-state index in [4.69, 9.17) is 14.5 Å². The van der Waals surface area contributed by atoms with Crippen molar-refractivity contribution in [2.24, 2.45) is 17.3 Å². The van der Waals surface area contributed by atoms with Crippen molar-refractivity contribution in [1.82, 2.24) is 9.88 Å². The molecular weight excluding hydrogens is 516 g/mol. The van der Waals surface area contributed by atoms with Gasteiger partial charge < -0.3 is 24.6 Å². The molecule has 0 unspecified atom stereocenters. The maximum atomic E-state index is 13.0. The summed E-state index contributed by atoms with van der Waals surface area (Å²) < 4.78 is 11.0. The average molecular weight is 573 g/mol. The molecule has 2 saturated heterocycles. The van der Waals surface area contributed by atoms with E-state index in [-0.39, 0.29) is 12.1 Å². The molecule has 2 aliphatic rings. The van der Waals surface area contributed by atoms with Crippen molar-refractivity contribution in [3.63, 3.8) is 0 Å². The molecule has 1 aromatic rings. The normalized spacial score (nSPS) is 19.6. The van der Waals surface area contributed by atoms with Gasteiger partial charge in [-0.1, -0.05) is 33.1 Å². The Hall–Kier alpha value is -2.51. The van der Waals surface area contributed by atoms with Gasteiger partial charge in [-0.3, -0.25) is 4.79 Å². The Morgan fingerprint density at radius 1 is 1.15 bits per heavy atom. The van der Waals surface area contributed by atoms with Gasteiger partial charge in [0.05, 0.1) is 23.4 Å². The quantitative estimate of drug-likeness (QED) is 0.198. The number of hydrogen-bond acceptors (Lipinski definition) is 7. The third-order valence-electron chi connectivity index (χ3n) is 8.70. The van der Waals surface area contributed by atoms with Crippen LogP contribution >= 0.6 is 0 Å². The van der Waals surface area contributed by atoms with Crippen molar-refractivity contribution in [2.75, 3.05) is 49.5 Å². The van der Waals surface area contributed by atoms with Crippen LogP contribution in [0.15, 0.2) is 12.1 Å². The lowest BCUT2D eigenvalue weighted by atomic mass is 9.74. The summed E-state index contributed by atoms with van der Waals surface area (Å²) in [5.74, 6) is 2.51. The van der Waals surface area contributed by atoms with E-state index in [0.29, 0.717) is 32.5 Å². The molecule has 0 aromatic carbocycles. The molecule has 232 valence electrons. The Balaban J connectivity index is 1.49. The van der Waals surface area contributed by atoms with E-state index in [1.807, 2.05) is 27.7 Å². The lowest BCUT2D eigenvalue weighted by Crippen LogP contribution is -2.48. The van der Waals surface area contributed by atoms with Gasteiger partial charge in [-0.25, -0.2) is 9.78 Å². The first-order chi connectivity index (χ1) is 19.5. The summed E-state index contributed by atoms with van der Waals surface area (Å²) in [6.07, 6.45) is 8.97. The summed E-state index contributed by atoms with van der Waals surface area (Å²) in [5, 5.41) is 3.55. The average Bonchev–Trinajstić information content (AvgIpc) is 3.38. The number of pyridine rings is 1. The Labute approximate surface area is 248 Å². The van der Waals surface area contributed by atoms with Crippen molar-refractivity contribution >= 4 is 23.6 Å². The number of hydrogen-bond donors (Lipinski definition) is 1. The number of likely N-dealkylation sites (tertiary alicyclic amines) is 1. The van der Waals surface area contributed by atoms with Gasteiger partial charge in [0, 0.05) is 32.7 Å². The molecule has 0 spiro atoms. The van der Waals surface area contributed by atoms with E-state index in [0.717, 1.165) is 61.5 Å². The number of aryl methyl sites for hydroxylation is 1. The minimum absolute atomic E-state index is 0.144. The van der Waals surface area contributed by atoms with Crippen LogP contribution in [-0.2, 0) is 14.3 Å². The summed E-state index contributed by atoms with van der Waals surface area (Å²) in [6.45, 7) is 18.5. The number of amides is 1. The molecule has 8 heteroatoms. The van der Waals surface area contributed by atoms with Gasteiger partial charge in [-0.15, -0.1) is 0 Å². The van der Waals surface area contributed by atoms with Crippen molar-refractivity contribution in [1.29, 1.82) is 0 Å². The second kappa shape index (κ2) is 15.1. The highest BCUT2D eigenvalue weighted by atomic mass is 16.6. The van der Waals surface area contributed by atoms with Gasteiger partial charge in [0.2, 0.25) is 0 Å². The van der Waals surface area contributed by atoms with Gasteiger partial charge in [0.15, 0.2) is 0 Å². The van der Waals surface area contributed by atoms with Gasteiger partial charge in [-0.05, 0) is 97.1 Å². The molecule has 8 nitrogen and oxygen atoms in total. The van der Waals surface area contributed by atoms with E-state index >= 15 is 0 Å². The standard InChI is InChI=1S/C33H56N4O4/c1-8-10-12-25(3)23-27-15-20-37(24-27)29-14-13-28(26(4)35-29)34-19-11-16-33(30(38)40-9-2)17-21-36(22-18-33)31(39)41-32(5,6)7/h13-14,25,27,34H,8-12,15-24H2,1-7H3/t25-,27-/m0/s1. The first-order valence-electron chi connectivity index (χ1n) is 16.1. The highest BCUT2D eigenvalue weighted by Crippen LogP contribution is 2.38. The lowest BCUT2D eigenvalue weighted by Gasteiger charge is -2.40. The highest BCUT2D eigenvalue weighted by Gasteiger charge is 2.43. The molecule has 1 amide bonds. The van der Waals surface area contributed by atoms with Crippen LogP contribution in [0.25, 0.3) is 0 Å². The van der Waals surface area contributed by atoms with Gasteiger partial charge in [0.25, 0.3) is 0 Å². The zero-order valence-corrected chi connectivity index (χ0v) is 26.9. The summed E-state index contributed by atoms with van der Waals surface area (Å²) in [5.41, 5.74) is 0.955. The van der Waals surface area contributed by atoms with Crippen LogP contribution in [0.2, 0.25) is 0 Å². The zero-order chi connectivity index (χ0) is 30.0. The molecule has 2 aliphatic heterocycles. The van der Waals surface area contributed by atoms with Crippen molar-refractivity contribution in [2.45, 2.75) is 112 Å². The molecule has 0 bridgehead atoms. The number of nitrogens with zero attached hydrogens (tertiary/aromatic N) is 3. The smallest absolute Gasteiger partial charge is 0.410 e. The molecule has 0 aliphatic carbocycles.